The molecule has 1 aromatic heterocycles. The number of Topliss-reactive ketones (excluding diaryl/α,β-unsaturated/α-hetero) is 1. The first-order valence-electron chi connectivity index (χ1n) is 6.32. The number of nitrogen functional groups attached to an aromatic ring is 1. The molecule has 0 spiro atoms. The van der Waals surface area contributed by atoms with Crippen molar-refractivity contribution in [3.05, 3.63) is 45.8 Å². The van der Waals surface area contributed by atoms with Gasteiger partial charge in [0.1, 0.15) is 16.9 Å². The van der Waals surface area contributed by atoms with Gasteiger partial charge in [0.25, 0.3) is 5.95 Å². The molecular weight excluding hydrogens is 288 g/mol. The van der Waals surface area contributed by atoms with Gasteiger partial charge in [-0.25, -0.2) is 4.79 Å². The van der Waals surface area contributed by atoms with Crippen molar-refractivity contribution in [2.75, 3.05) is 5.73 Å². The van der Waals surface area contributed by atoms with E-state index in [0.717, 1.165) is 6.92 Å². The summed E-state index contributed by atoms with van der Waals surface area (Å²) in [5, 5.41) is 19.5. The van der Waals surface area contributed by atoms with Gasteiger partial charge in [-0.3, -0.25) is 9.79 Å². The lowest BCUT2D eigenvalue weighted by molar-refractivity contribution is 0.100. The number of nitrogens with two attached hydrogens (primary N) is 1. The van der Waals surface area contributed by atoms with E-state index in [2.05, 4.69) is 9.41 Å². The summed E-state index contributed by atoms with van der Waals surface area (Å²) >= 11 is 0. The number of carbonyl (C=O) groups is 1. The SMILES string of the molecule is CC(=O)c1c(O)oc(=O)c(C(C)=Nc2cccc(N)c2)c1O. The van der Waals surface area contributed by atoms with Crippen molar-refractivity contribution >= 4 is 22.9 Å². The summed E-state index contributed by atoms with van der Waals surface area (Å²) in [5.41, 5.74) is 4.97. The average Bonchev–Trinajstić information content (AvgIpc) is 2.37. The first-order chi connectivity index (χ1) is 10.3. The Bertz CT molecular complexity index is 836. The number of aromatic hydroxyl groups is 2. The Morgan fingerprint density at radius 1 is 1.23 bits per heavy atom. The van der Waals surface area contributed by atoms with Crippen LogP contribution in [0.3, 0.4) is 0 Å². The third kappa shape index (κ3) is 2.83. The topological polar surface area (TPSA) is 126 Å². The smallest absolute Gasteiger partial charge is 0.351 e. The molecule has 0 amide bonds. The molecule has 2 aromatic rings. The Labute approximate surface area is 125 Å². The van der Waals surface area contributed by atoms with E-state index in [-0.39, 0.29) is 11.3 Å². The number of hydrogen-bond acceptors (Lipinski definition) is 7. The van der Waals surface area contributed by atoms with E-state index >= 15 is 0 Å². The lowest BCUT2D eigenvalue weighted by Crippen LogP contribution is -2.15. The lowest BCUT2D eigenvalue weighted by Gasteiger charge is -2.07. The van der Waals surface area contributed by atoms with Crippen LogP contribution in [0.4, 0.5) is 11.4 Å². The van der Waals surface area contributed by atoms with E-state index in [9.17, 15) is 19.8 Å². The number of anilines is 1. The molecule has 22 heavy (non-hydrogen) atoms. The molecule has 7 nitrogen and oxygen atoms in total. The van der Waals surface area contributed by atoms with Crippen LogP contribution in [-0.4, -0.2) is 21.7 Å². The van der Waals surface area contributed by atoms with Gasteiger partial charge >= 0.3 is 5.63 Å². The van der Waals surface area contributed by atoms with Crippen LogP contribution in [0.25, 0.3) is 0 Å². The van der Waals surface area contributed by atoms with E-state index in [1.54, 1.807) is 24.3 Å². The summed E-state index contributed by atoms with van der Waals surface area (Å²) in [6.45, 7) is 2.60. The molecule has 114 valence electrons. The fourth-order valence-electron chi connectivity index (χ4n) is 1.99. The highest BCUT2D eigenvalue weighted by Gasteiger charge is 2.23. The molecule has 0 saturated heterocycles. The molecule has 2 rings (SSSR count). The van der Waals surface area contributed by atoms with Crippen molar-refractivity contribution in [1.82, 2.24) is 0 Å². The molecule has 0 atom stereocenters. The standard InChI is InChI=1S/C15H14N2O5/c1-7(17-10-5-3-4-9(16)6-10)11-13(19)12(8(2)18)15(21)22-14(11)20/h3-6,19,21H,16H2,1-2H3. The van der Waals surface area contributed by atoms with Crippen LogP contribution in [0, 0.1) is 0 Å². The zero-order chi connectivity index (χ0) is 16.4. The molecule has 0 unspecified atom stereocenters. The summed E-state index contributed by atoms with van der Waals surface area (Å²) in [5.74, 6) is -2.22. The molecule has 1 heterocycles. The van der Waals surface area contributed by atoms with Crippen LogP contribution in [0.2, 0.25) is 0 Å². The average molecular weight is 302 g/mol. The first kappa shape index (κ1) is 15.3. The van der Waals surface area contributed by atoms with Gasteiger partial charge in [0.15, 0.2) is 5.78 Å². The van der Waals surface area contributed by atoms with Crippen molar-refractivity contribution in [2.24, 2.45) is 4.99 Å². The third-order valence-electron chi connectivity index (χ3n) is 2.96. The third-order valence-corrected chi connectivity index (χ3v) is 2.96. The van der Waals surface area contributed by atoms with Gasteiger partial charge in [0.05, 0.1) is 11.4 Å². The van der Waals surface area contributed by atoms with Crippen LogP contribution in [0.5, 0.6) is 11.7 Å². The largest absolute Gasteiger partial charge is 0.506 e. The zero-order valence-corrected chi connectivity index (χ0v) is 12.0. The molecule has 0 bridgehead atoms. The van der Waals surface area contributed by atoms with E-state index in [1.807, 2.05) is 0 Å². The maximum Gasteiger partial charge on any atom is 0.351 e. The highest BCUT2D eigenvalue weighted by Crippen LogP contribution is 2.29. The lowest BCUT2D eigenvalue weighted by atomic mass is 10.1. The fourth-order valence-corrected chi connectivity index (χ4v) is 1.99. The second kappa shape index (κ2) is 5.72. The van der Waals surface area contributed by atoms with E-state index in [4.69, 9.17) is 5.73 Å². The number of carbonyl (C=O) groups excluding carboxylic acids is 1. The summed E-state index contributed by atoms with van der Waals surface area (Å²) in [4.78, 5) is 27.4. The van der Waals surface area contributed by atoms with Gasteiger partial charge < -0.3 is 20.4 Å². The maximum atomic E-state index is 11.8. The van der Waals surface area contributed by atoms with Crippen molar-refractivity contribution in [1.29, 1.82) is 0 Å². The van der Waals surface area contributed by atoms with Crippen LogP contribution < -0.4 is 11.4 Å². The monoisotopic (exact) mass is 302 g/mol. The van der Waals surface area contributed by atoms with Gasteiger partial charge in [-0.1, -0.05) is 6.07 Å². The summed E-state index contributed by atoms with van der Waals surface area (Å²) in [6.07, 6.45) is 0. The van der Waals surface area contributed by atoms with Crippen LogP contribution >= 0.6 is 0 Å². The Balaban J connectivity index is 2.64. The summed E-state index contributed by atoms with van der Waals surface area (Å²) < 4.78 is 4.58. The van der Waals surface area contributed by atoms with Gasteiger partial charge in [-0.15, -0.1) is 0 Å². The van der Waals surface area contributed by atoms with Gasteiger partial charge in [0, 0.05) is 5.69 Å². The Kier molecular flexibility index (Phi) is 3.98. The predicted molar refractivity (Wildman–Crippen MR) is 81.0 cm³/mol. The Morgan fingerprint density at radius 2 is 1.91 bits per heavy atom. The van der Waals surface area contributed by atoms with Crippen molar-refractivity contribution < 1.29 is 19.4 Å². The van der Waals surface area contributed by atoms with Crippen LogP contribution in [0.1, 0.15) is 29.8 Å². The number of hydrogen-bond donors (Lipinski definition) is 3. The first-order valence-corrected chi connectivity index (χ1v) is 6.32. The molecule has 0 aliphatic carbocycles. The predicted octanol–water partition coefficient (Wildman–Crippen LogP) is 1.98. The van der Waals surface area contributed by atoms with Crippen molar-refractivity contribution in [3.63, 3.8) is 0 Å². The quantitative estimate of drug-likeness (QED) is 0.452. The second-order valence-electron chi connectivity index (χ2n) is 4.64. The normalized spacial score (nSPS) is 11.5. The van der Waals surface area contributed by atoms with Gasteiger partial charge in [-0.05, 0) is 32.0 Å². The molecule has 0 aliphatic heterocycles. The second-order valence-corrected chi connectivity index (χ2v) is 4.64. The fraction of sp³-hybridized carbons (Fsp3) is 0.133. The molecule has 4 N–H and O–H groups in total. The summed E-state index contributed by atoms with van der Waals surface area (Å²) in [7, 11) is 0. The van der Waals surface area contributed by atoms with E-state index < -0.39 is 28.7 Å². The number of rotatable bonds is 3. The maximum absolute atomic E-state index is 11.8. The molecule has 0 aliphatic rings. The molecule has 0 radical (unpaired) electrons. The van der Waals surface area contributed by atoms with Crippen LogP contribution in [0.15, 0.2) is 38.5 Å². The minimum Gasteiger partial charge on any atom is -0.506 e. The number of aliphatic imine (C=N–C) groups is 1. The Morgan fingerprint density at radius 3 is 2.50 bits per heavy atom. The number of nitrogens with zero attached hydrogens (tertiary/aromatic N) is 1. The minimum absolute atomic E-state index is 0.124. The molecule has 1 aromatic carbocycles. The van der Waals surface area contributed by atoms with Crippen LogP contribution in [-0.2, 0) is 0 Å². The molecular formula is C15H14N2O5. The molecule has 7 heteroatoms. The van der Waals surface area contributed by atoms with Gasteiger partial charge in [-0.2, -0.15) is 0 Å². The highest BCUT2D eigenvalue weighted by molar-refractivity contribution is 6.07. The molecule has 0 fully saturated rings. The minimum atomic E-state index is -0.995. The number of benzene rings is 1. The number of ketones is 1. The van der Waals surface area contributed by atoms with Crippen molar-refractivity contribution in [2.45, 2.75) is 13.8 Å². The van der Waals surface area contributed by atoms with E-state index in [0.29, 0.717) is 11.4 Å². The summed E-state index contributed by atoms with van der Waals surface area (Å²) in [6, 6.07) is 6.59. The zero-order valence-electron chi connectivity index (χ0n) is 12.0. The Hall–Kier alpha value is -3.09. The molecule has 0 saturated carbocycles. The van der Waals surface area contributed by atoms with Gasteiger partial charge in [0.2, 0.25) is 0 Å². The van der Waals surface area contributed by atoms with E-state index in [1.165, 1.54) is 6.92 Å². The highest BCUT2D eigenvalue weighted by atomic mass is 16.5. The van der Waals surface area contributed by atoms with Crippen molar-refractivity contribution in [3.8, 4) is 11.7 Å².